The Hall–Kier alpha value is -0.433. The van der Waals surface area contributed by atoms with Crippen LogP contribution < -0.4 is 0 Å². The fourth-order valence-electron chi connectivity index (χ4n) is 1.76. The minimum atomic E-state index is -8.65. The number of hydrogen-bond acceptors (Lipinski definition) is 1. The average Bonchev–Trinajstić information content (AvgIpc) is 2.58. The van der Waals surface area contributed by atoms with E-state index in [-0.39, 0.29) is 0 Å². The first-order valence-electron chi connectivity index (χ1n) is 7.16. The van der Waals surface area contributed by atoms with Crippen LogP contribution in [0, 0.1) is 0 Å². The van der Waals surface area contributed by atoms with Crippen LogP contribution in [0.5, 0.6) is 0 Å². The molecule has 1 nitrogen and oxygen atoms in total. The minimum Gasteiger partial charge on any atom is -0.396 e. The molecule has 0 saturated carbocycles. The number of alkyl halides is 17. The van der Waals surface area contributed by atoms with Crippen molar-refractivity contribution in [3.63, 3.8) is 0 Å². The van der Waals surface area contributed by atoms with Gasteiger partial charge in [0, 0.05) is 13.5 Å². The Morgan fingerprint density at radius 1 is 0.531 bits per heavy atom. The van der Waals surface area contributed by atoms with E-state index in [1.165, 1.54) is 0 Å². The molecule has 0 heterocycles. The van der Waals surface area contributed by atoms with Gasteiger partial charge in [-0.3, -0.25) is 0 Å². The van der Waals surface area contributed by atoms with Crippen LogP contribution in [-0.4, -0.2) is 61.7 Å². The molecule has 0 aliphatic heterocycles. The lowest BCUT2D eigenvalue weighted by Crippen LogP contribution is -2.74. The Labute approximate surface area is 176 Å². The van der Waals surface area contributed by atoms with Crippen molar-refractivity contribution in [2.45, 2.75) is 60.1 Å². The van der Waals surface area contributed by atoms with E-state index < -0.39 is 67.0 Å². The zero-order valence-electron chi connectivity index (χ0n) is 14.5. The molecule has 0 radical (unpaired) electrons. The van der Waals surface area contributed by atoms with Crippen molar-refractivity contribution >= 4 is 29.1 Å². The summed E-state index contributed by atoms with van der Waals surface area (Å²) in [7, 11) is 0.592. The molecule has 0 spiro atoms. The third-order valence-electron chi connectivity index (χ3n) is 3.82. The lowest BCUT2D eigenvalue weighted by molar-refractivity contribution is -0.461. The van der Waals surface area contributed by atoms with Crippen LogP contribution in [0.15, 0.2) is 0 Å². The summed E-state index contributed by atoms with van der Waals surface area (Å²) >= 11 is 10.3. The van der Waals surface area contributed by atoms with Gasteiger partial charge in [0.15, 0.2) is 0 Å². The maximum Gasteiger partial charge on any atom is 0.460 e. The fourth-order valence-corrected chi connectivity index (χ4v) is 3.13. The molecule has 32 heavy (non-hydrogen) atoms. The SMILES string of the molecule is CO[Si](Cl)(Cl)CCC(F)(F)C(F)(F)C(F)(F)C(F)(F)C(F)(F)C(F)(F)C(F)(F)C(F)(F)F. The Bertz CT molecular complexity index is 674. The summed E-state index contributed by atoms with van der Waals surface area (Å²) in [5.41, 5.74) is 0. The molecule has 0 bridgehead atoms. The standard InChI is InChI=1S/C11H7Cl2F17OSi/c1-31-32(12,13)3-2-4(14,15)5(16,17)6(18,19)7(20,21)8(22,23)9(24,25)10(26,27)11(28,29)30/h2-3H2,1H3. The summed E-state index contributed by atoms with van der Waals surface area (Å²) in [5.74, 6) is -56.5. The van der Waals surface area contributed by atoms with E-state index in [4.69, 9.17) is 22.2 Å². The van der Waals surface area contributed by atoms with E-state index in [9.17, 15) is 74.6 Å². The summed E-state index contributed by atoms with van der Waals surface area (Å²) in [4.78, 5) is 0. The van der Waals surface area contributed by atoms with Crippen LogP contribution >= 0.6 is 22.2 Å². The molecular weight excluding hydrogens is 570 g/mol. The molecule has 0 aromatic rings. The van der Waals surface area contributed by atoms with E-state index in [1.54, 1.807) is 0 Å². The van der Waals surface area contributed by atoms with Gasteiger partial charge in [0.2, 0.25) is 0 Å². The van der Waals surface area contributed by atoms with Crippen molar-refractivity contribution in [3.8, 4) is 0 Å². The van der Waals surface area contributed by atoms with E-state index in [2.05, 4.69) is 4.43 Å². The van der Waals surface area contributed by atoms with Gasteiger partial charge in [0.05, 0.1) is 0 Å². The van der Waals surface area contributed by atoms with Gasteiger partial charge in [-0.15, -0.1) is 22.2 Å². The number of halogens is 19. The van der Waals surface area contributed by atoms with E-state index in [0.717, 1.165) is 0 Å². The predicted molar refractivity (Wildman–Crippen MR) is 74.6 cm³/mol. The van der Waals surface area contributed by atoms with Gasteiger partial charge in [0.1, 0.15) is 0 Å². The highest BCUT2D eigenvalue weighted by Gasteiger charge is 2.95. The molecule has 0 aliphatic rings. The average molecular weight is 577 g/mol. The Morgan fingerprint density at radius 3 is 1.09 bits per heavy atom. The lowest BCUT2D eigenvalue weighted by atomic mass is 9.88. The normalized spacial score (nSPS) is 16.5. The summed E-state index contributed by atoms with van der Waals surface area (Å²) in [6.07, 6.45) is -10.5. The number of hydrogen-bond donors (Lipinski definition) is 0. The van der Waals surface area contributed by atoms with Crippen molar-refractivity contribution in [1.29, 1.82) is 0 Å². The summed E-state index contributed by atoms with van der Waals surface area (Å²) in [6, 6.07) is -1.67. The highest BCUT2D eigenvalue weighted by atomic mass is 35.7. The van der Waals surface area contributed by atoms with Crippen molar-refractivity contribution < 1.29 is 79.1 Å². The first kappa shape index (κ1) is 31.6. The van der Waals surface area contributed by atoms with E-state index in [1.807, 2.05) is 0 Å². The molecule has 0 aliphatic carbocycles. The second-order valence-electron chi connectivity index (χ2n) is 5.99. The van der Waals surface area contributed by atoms with Crippen LogP contribution in [0.3, 0.4) is 0 Å². The third kappa shape index (κ3) is 4.58. The second kappa shape index (κ2) is 8.35. The molecule has 0 unspecified atom stereocenters. The van der Waals surface area contributed by atoms with Crippen molar-refractivity contribution in [2.75, 3.05) is 7.11 Å². The van der Waals surface area contributed by atoms with Crippen LogP contribution in [0.25, 0.3) is 0 Å². The molecule has 0 amide bonds. The lowest BCUT2D eigenvalue weighted by Gasteiger charge is -2.43. The highest BCUT2D eigenvalue weighted by Crippen LogP contribution is 2.64. The Kier molecular flexibility index (Phi) is 8.24. The zero-order chi connectivity index (χ0) is 26.6. The third-order valence-corrected chi connectivity index (χ3v) is 7.30. The Balaban J connectivity index is 6.53. The molecule has 0 atom stereocenters. The molecule has 0 saturated heterocycles. The van der Waals surface area contributed by atoms with Crippen LogP contribution in [0.1, 0.15) is 6.42 Å². The van der Waals surface area contributed by atoms with Crippen LogP contribution in [0.2, 0.25) is 6.04 Å². The van der Waals surface area contributed by atoms with E-state index in [0.29, 0.717) is 7.11 Å². The monoisotopic (exact) mass is 576 g/mol. The summed E-state index contributed by atoms with van der Waals surface area (Å²) < 4.78 is 226. The molecule has 0 fully saturated rings. The first-order valence-corrected chi connectivity index (χ1v) is 11.3. The van der Waals surface area contributed by atoms with Crippen molar-refractivity contribution in [3.05, 3.63) is 0 Å². The molecule has 21 heteroatoms. The van der Waals surface area contributed by atoms with Crippen LogP contribution in [-0.2, 0) is 4.43 Å². The highest BCUT2D eigenvalue weighted by molar-refractivity contribution is 7.42. The smallest absolute Gasteiger partial charge is 0.396 e. The van der Waals surface area contributed by atoms with Gasteiger partial charge < -0.3 is 4.43 Å². The molecule has 0 aromatic heterocycles. The maximum absolute atomic E-state index is 13.5. The zero-order valence-corrected chi connectivity index (χ0v) is 17.0. The summed E-state index contributed by atoms with van der Waals surface area (Å²) in [5, 5.41) is 0. The van der Waals surface area contributed by atoms with Gasteiger partial charge in [0.25, 0.3) is 0 Å². The maximum atomic E-state index is 13.5. The molecular formula is C11H7Cl2F17OSi. The molecule has 194 valence electrons. The quantitative estimate of drug-likeness (QED) is 0.149. The van der Waals surface area contributed by atoms with Crippen LogP contribution in [0.4, 0.5) is 74.6 Å². The van der Waals surface area contributed by atoms with Crippen molar-refractivity contribution in [2.24, 2.45) is 0 Å². The summed E-state index contributed by atoms with van der Waals surface area (Å²) in [6.45, 7) is -4.38. The number of rotatable bonds is 10. The van der Waals surface area contributed by atoms with E-state index >= 15 is 0 Å². The topological polar surface area (TPSA) is 9.23 Å². The van der Waals surface area contributed by atoms with Gasteiger partial charge >= 0.3 is 54.6 Å². The second-order valence-corrected chi connectivity index (χ2v) is 12.4. The minimum absolute atomic E-state index is 0.592. The van der Waals surface area contributed by atoms with Gasteiger partial charge in [-0.25, -0.2) is 0 Å². The molecule has 0 aromatic carbocycles. The van der Waals surface area contributed by atoms with Gasteiger partial charge in [-0.05, 0) is 6.04 Å². The van der Waals surface area contributed by atoms with Crippen molar-refractivity contribution in [1.82, 2.24) is 0 Å². The van der Waals surface area contributed by atoms with Gasteiger partial charge in [-0.2, -0.15) is 74.6 Å². The fraction of sp³-hybridized carbons (Fsp3) is 1.00. The molecule has 0 rings (SSSR count). The predicted octanol–water partition coefficient (Wildman–Crippen LogP) is 7.45. The first-order chi connectivity index (χ1) is 13.5. The molecule has 0 N–H and O–H groups in total. The van der Waals surface area contributed by atoms with Gasteiger partial charge in [-0.1, -0.05) is 0 Å². The largest absolute Gasteiger partial charge is 0.460 e. The Morgan fingerprint density at radius 2 is 0.812 bits per heavy atom.